The lowest BCUT2D eigenvalue weighted by molar-refractivity contribution is 0.0786. The Morgan fingerprint density at radius 1 is 1.09 bits per heavy atom. The highest BCUT2D eigenvalue weighted by molar-refractivity contribution is 6.10. The van der Waals surface area contributed by atoms with Crippen LogP contribution >= 0.6 is 0 Å². The average Bonchev–Trinajstić information content (AvgIpc) is 2.82. The van der Waals surface area contributed by atoms with E-state index in [1.165, 1.54) is 6.33 Å². The smallest absolute Gasteiger partial charge is 0.253 e. The number of carbonyl (C=O) groups excluding carboxylic acids is 1. The van der Waals surface area contributed by atoms with E-state index in [1.807, 2.05) is 68.5 Å². The maximum atomic E-state index is 12.9. The predicted molar refractivity (Wildman–Crippen MR) is 128 cm³/mol. The highest BCUT2D eigenvalue weighted by Crippen LogP contribution is 2.30. The summed E-state index contributed by atoms with van der Waals surface area (Å²) in [7, 11) is 5.78. The molecule has 1 amide bonds. The molecule has 160 valence electrons. The number of nitrogens with zero attached hydrogens (tertiary/aromatic N) is 5. The third kappa shape index (κ3) is 4.36. The highest BCUT2D eigenvalue weighted by Gasteiger charge is 2.15. The van der Waals surface area contributed by atoms with Crippen molar-refractivity contribution in [2.24, 2.45) is 0 Å². The van der Waals surface area contributed by atoms with Gasteiger partial charge in [0.25, 0.3) is 5.91 Å². The topological polar surface area (TPSA) is 74.2 Å². The summed E-state index contributed by atoms with van der Waals surface area (Å²) in [6.45, 7) is 1.43. The molecular formula is C25H24N6O. The van der Waals surface area contributed by atoms with E-state index in [9.17, 15) is 4.79 Å². The van der Waals surface area contributed by atoms with E-state index in [4.69, 9.17) is 11.4 Å². The normalized spacial score (nSPS) is 11.0. The van der Waals surface area contributed by atoms with Gasteiger partial charge in [-0.15, -0.1) is 6.42 Å². The summed E-state index contributed by atoms with van der Waals surface area (Å²) in [5.74, 6) is 3.17. The van der Waals surface area contributed by atoms with E-state index >= 15 is 0 Å². The second kappa shape index (κ2) is 9.00. The number of hydrogen-bond acceptors (Lipinski definition) is 6. The molecule has 32 heavy (non-hydrogen) atoms. The maximum absolute atomic E-state index is 12.9. The van der Waals surface area contributed by atoms with Gasteiger partial charge in [0, 0.05) is 53.9 Å². The zero-order valence-electron chi connectivity index (χ0n) is 18.3. The van der Waals surface area contributed by atoms with Crippen LogP contribution in [0.3, 0.4) is 0 Å². The van der Waals surface area contributed by atoms with E-state index in [0.29, 0.717) is 29.0 Å². The second-order valence-electron chi connectivity index (χ2n) is 7.86. The molecule has 0 saturated heterocycles. The van der Waals surface area contributed by atoms with Crippen molar-refractivity contribution >= 4 is 39.2 Å². The van der Waals surface area contributed by atoms with Crippen molar-refractivity contribution in [2.45, 2.75) is 0 Å². The molecule has 0 aliphatic heterocycles. The van der Waals surface area contributed by atoms with Gasteiger partial charge in [0.05, 0.1) is 5.52 Å². The molecular weight excluding hydrogens is 400 g/mol. The molecule has 0 radical (unpaired) electrons. The van der Waals surface area contributed by atoms with Gasteiger partial charge in [-0.05, 0) is 44.4 Å². The fourth-order valence-corrected chi connectivity index (χ4v) is 3.46. The molecule has 0 spiro atoms. The van der Waals surface area contributed by atoms with E-state index in [-0.39, 0.29) is 5.91 Å². The standard InChI is InChI=1S/C25H24N6O/c1-5-17-7-6-8-19(13-17)28-24-23-21(15-26-16-27-23)20-10-9-18(14-22(20)29-24)25(32)31(4)12-11-30(2)3/h1,6-10,13-16H,11-12H2,2-4H3,(H,28,29). The SMILES string of the molecule is C#Cc1cccc(Nc2nc3cc(C(=O)N(C)CCN(C)C)ccc3c3cncnc23)c1. The number of rotatable bonds is 6. The van der Waals surface area contributed by atoms with E-state index in [1.54, 1.807) is 11.1 Å². The number of carbonyl (C=O) groups is 1. The third-order valence-electron chi connectivity index (χ3n) is 5.22. The lowest BCUT2D eigenvalue weighted by Crippen LogP contribution is -2.33. The molecule has 2 heterocycles. The number of benzene rings is 2. The number of likely N-dealkylation sites (N-methyl/N-ethyl adjacent to an activating group) is 2. The molecule has 0 bridgehead atoms. The molecule has 7 nitrogen and oxygen atoms in total. The summed E-state index contributed by atoms with van der Waals surface area (Å²) < 4.78 is 0. The quantitative estimate of drug-likeness (QED) is 0.377. The second-order valence-corrected chi connectivity index (χ2v) is 7.86. The Bertz CT molecular complexity index is 1340. The van der Waals surface area contributed by atoms with Crippen LogP contribution in [0.1, 0.15) is 15.9 Å². The summed E-state index contributed by atoms with van der Waals surface area (Å²) in [6, 6.07) is 13.1. The molecule has 0 aliphatic carbocycles. The van der Waals surface area contributed by atoms with Crippen LogP contribution in [0.4, 0.5) is 11.5 Å². The van der Waals surface area contributed by atoms with Gasteiger partial charge in [0.1, 0.15) is 11.8 Å². The first kappa shape index (κ1) is 21.2. The lowest BCUT2D eigenvalue weighted by Gasteiger charge is -2.20. The Kier molecular flexibility index (Phi) is 5.97. The van der Waals surface area contributed by atoms with Gasteiger partial charge in [0.15, 0.2) is 5.82 Å². The number of anilines is 2. The molecule has 0 fully saturated rings. The van der Waals surface area contributed by atoms with E-state index < -0.39 is 0 Å². The molecule has 0 atom stereocenters. The summed E-state index contributed by atoms with van der Waals surface area (Å²) in [6.07, 6.45) is 8.79. The zero-order valence-corrected chi connectivity index (χ0v) is 18.3. The van der Waals surface area contributed by atoms with Crippen LogP contribution < -0.4 is 5.32 Å². The Morgan fingerprint density at radius 3 is 2.72 bits per heavy atom. The van der Waals surface area contributed by atoms with Gasteiger partial charge in [-0.3, -0.25) is 4.79 Å². The maximum Gasteiger partial charge on any atom is 0.253 e. The van der Waals surface area contributed by atoms with Gasteiger partial charge >= 0.3 is 0 Å². The predicted octanol–water partition coefficient (Wildman–Crippen LogP) is 3.54. The first-order valence-corrected chi connectivity index (χ1v) is 10.2. The Morgan fingerprint density at radius 2 is 1.94 bits per heavy atom. The number of fused-ring (bicyclic) bond motifs is 3. The number of pyridine rings is 1. The fourth-order valence-electron chi connectivity index (χ4n) is 3.46. The van der Waals surface area contributed by atoms with Crippen molar-refractivity contribution in [2.75, 3.05) is 39.5 Å². The van der Waals surface area contributed by atoms with Crippen molar-refractivity contribution in [3.05, 3.63) is 66.1 Å². The largest absolute Gasteiger partial charge is 0.340 e. The minimum Gasteiger partial charge on any atom is -0.340 e. The molecule has 7 heteroatoms. The highest BCUT2D eigenvalue weighted by atomic mass is 16.2. The number of aromatic nitrogens is 3. The summed E-state index contributed by atoms with van der Waals surface area (Å²) in [4.78, 5) is 30.1. The van der Waals surface area contributed by atoms with Crippen LogP contribution in [0.15, 0.2) is 55.0 Å². The van der Waals surface area contributed by atoms with Crippen LogP contribution in [0, 0.1) is 12.3 Å². The number of terminal acetylenes is 1. The summed E-state index contributed by atoms with van der Waals surface area (Å²) >= 11 is 0. The van der Waals surface area contributed by atoms with Gasteiger partial charge < -0.3 is 15.1 Å². The lowest BCUT2D eigenvalue weighted by atomic mass is 10.1. The minimum absolute atomic E-state index is 0.0452. The third-order valence-corrected chi connectivity index (χ3v) is 5.22. The summed E-state index contributed by atoms with van der Waals surface area (Å²) in [5, 5.41) is 5.06. The van der Waals surface area contributed by atoms with E-state index in [0.717, 1.165) is 28.6 Å². The first-order valence-electron chi connectivity index (χ1n) is 10.2. The monoisotopic (exact) mass is 424 g/mol. The van der Waals surface area contributed by atoms with Crippen LogP contribution in [-0.4, -0.2) is 64.9 Å². The first-order chi connectivity index (χ1) is 15.5. The molecule has 4 rings (SSSR count). The molecule has 4 aromatic rings. The van der Waals surface area contributed by atoms with Gasteiger partial charge in [0.2, 0.25) is 0 Å². The summed E-state index contributed by atoms with van der Waals surface area (Å²) in [5.41, 5.74) is 3.55. The van der Waals surface area contributed by atoms with Crippen molar-refractivity contribution in [1.82, 2.24) is 24.8 Å². The Hall–Kier alpha value is -4.02. The molecule has 0 unspecified atom stereocenters. The zero-order chi connectivity index (χ0) is 22.7. The van der Waals surface area contributed by atoms with Gasteiger partial charge in [-0.25, -0.2) is 15.0 Å². The Balaban J connectivity index is 1.76. The molecule has 2 aromatic carbocycles. The number of amides is 1. The number of hydrogen-bond donors (Lipinski definition) is 1. The molecule has 1 N–H and O–H groups in total. The van der Waals surface area contributed by atoms with Crippen LogP contribution in [0.2, 0.25) is 0 Å². The molecule has 0 aliphatic rings. The van der Waals surface area contributed by atoms with Gasteiger partial charge in [-0.1, -0.05) is 18.1 Å². The number of nitrogens with one attached hydrogen (secondary N) is 1. The molecule has 0 saturated carbocycles. The van der Waals surface area contributed by atoms with Crippen molar-refractivity contribution in [3.63, 3.8) is 0 Å². The molecule has 2 aromatic heterocycles. The van der Waals surface area contributed by atoms with Crippen LogP contribution in [-0.2, 0) is 0 Å². The Labute approximate surface area is 187 Å². The fraction of sp³-hybridized carbons (Fsp3) is 0.200. The average molecular weight is 425 g/mol. The van der Waals surface area contributed by atoms with Gasteiger partial charge in [-0.2, -0.15) is 0 Å². The van der Waals surface area contributed by atoms with Crippen LogP contribution in [0.5, 0.6) is 0 Å². The van der Waals surface area contributed by atoms with Crippen LogP contribution in [0.25, 0.3) is 21.8 Å². The van der Waals surface area contributed by atoms with Crippen molar-refractivity contribution < 1.29 is 4.79 Å². The minimum atomic E-state index is -0.0452. The van der Waals surface area contributed by atoms with Crippen molar-refractivity contribution in [1.29, 1.82) is 0 Å². The van der Waals surface area contributed by atoms with E-state index in [2.05, 4.69) is 21.2 Å². The van der Waals surface area contributed by atoms with Crippen molar-refractivity contribution in [3.8, 4) is 12.3 Å².